The van der Waals surface area contributed by atoms with Gasteiger partial charge in [-0.3, -0.25) is 0 Å². The summed E-state index contributed by atoms with van der Waals surface area (Å²) in [6.45, 7) is 2.10. The Morgan fingerprint density at radius 2 is 2.17 bits per heavy atom. The quantitative estimate of drug-likeness (QED) is 0.887. The third-order valence-electron chi connectivity index (χ3n) is 4.49. The molecule has 0 radical (unpaired) electrons. The first-order valence-corrected chi connectivity index (χ1v) is 7.24. The van der Waals surface area contributed by atoms with Crippen molar-refractivity contribution in [1.29, 1.82) is 0 Å². The van der Waals surface area contributed by atoms with Gasteiger partial charge in [0.1, 0.15) is 5.82 Å². The Hall–Kier alpha value is -1.09. The first-order valence-electron chi connectivity index (χ1n) is 7.24. The lowest BCUT2D eigenvalue weighted by molar-refractivity contribution is 0.341. The molecule has 1 saturated heterocycles. The Balaban J connectivity index is 1.74. The van der Waals surface area contributed by atoms with Crippen LogP contribution in [0.1, 0.15) is 37.7 Å². The number of anilines is 1. The number of hydrogen-bond donors (Lipinski definition) is 1. The van der Waals surface area contributed by atoms with Gasteiger partial charge in [-0.15, -0.1) is 0 Å². The van der Waals surface area contributed by atoms with E-state index in [-0.39, 0.29) is 0 Å². The van der Waals surface area contributed by atoms with Crippen LogP contribution in [0.3, 0.4) is 0 Å². The topological polar surface area (TPSA) is 28.2 Å². The second-order valence-electron chi connectivity index (χ2n) is 5.65. The van der Waals surface area contributed by atoms with Crippen LogP contribution in [0.2, 0.25) is 0 Å². The molecular weight excluding hydrogens is 222 g/mol. The van der Waals surface area contributed by atoms with Gasteiger partial charge in [-0.25, -0.2) is 4.98 Å². The summed E-state index contributed by atoms with van der Waals surface area (Å²) in [5.41, 5.74) is 1.26. The van der Waals surface area contributed by atoms with E-state index in [1.807, 2.05) is 13.2 Å². The van der Waals surface area contributed by atoms with Gasteiger partial charge in [-0.1, -0.05) is 18.9 Å². The fourth-order valence-corrected chi connectivity index (χ4v) is 3.59. The van der Waals surface area contributed by atoms with Crippen molar-refractivity contribution in [2.45, 2.75) is 44.7 Å². The highest BCUT2D eigenvalue weighted by Crippen LogP contribution is 2.38. The van der Waals surface area contributed by atoms with Crippen molar-refractivity contribution in [3.05, 3.63) is 23.9 Å². The van der Waals surface area contributed by atoms with E-state index in [1.54, 1.807) is 0 Å². The van der Waals surface area contributed by atoms with Crippen molar-refractivity contribution in [1.82, 2.24) is 10.3 Å². The average Bonchev–Trinajstić information content (AvgIpc) is 2.84. The van der Waals surface area contributed by atoms with Crippen LogP contribution in [-0.4, -0.2) is 24.6 Å². The molecule has 3 heteroatoms. The lowest BCUT2D eigenvalue weighted by Crippen LogP contribution is -2.35. The normalized spacial score (nSPS) is 27.3. The van der Waals surface area contributed by atoms with Gasteiger partial charge in [0, 0.05) is 25.3 Å². The Morgan fingerprint density at radius 1 is 1.28 bits per heavy atom. The molecule has 3 rings (SSSR count). The Kier molecular flexibility index (Phi) is 3.50. The molecule has 1 saturated carbocycles. The summed E-state index contributed by atoms with van der Waals surface area (Å²) in [4.78, 5) is 7.20. The minimum absolute atomic E-state index is 0.765. The van der Waals surface area contributed by atoms with E-state index in [0.717, 1.165) is 18.5 Å². The molecule has 0 bridgehead atoms. The van der Waals surface area contributed by atoms with Crippen LogP contribution in [0.25, 0.3) is 0 Å². The van der Waals surface area contributed by atoms with Gasteiger partial charge in [-0.2, -0.15) is 0 Å². The molecule has 2 atom stereocenters. The predicted molar refractivity (Wildman–Crippen MR) is 74.7 cm³/mol. The van der Waals surface area contributed by atoms with Gasteiger partial charge < -0.3 is 10.2 Å². The van der Waals surface area contributed by atoms with E-state index in [2.05, 4.69) is 27.3 Å². The standard InChI is InChI=1S/C15H23N3/c1-16-10-12-6-7-15(17-11-12)18-9-8-13-4-2-3-5-14(13)18/h6-7,11,13-14,16H,2-5,8-10H2,1H3. The van der Waals surface area contributed by atoms with Gasteiger partial charge in [0.2, 0.25) is 0 Å². The summed E-state index contributed by atoms with van der Waals surface area (Å²) >= 11 is 0. The minimum Gasteiger partial charge on any atom is -0.353 e. The highest BCUT2D eigenvalue weighted by Gasteiger charge is 2.36. The van der Waals surface area contributed by atoms with Gasteiger partial charge in [-0.05, 0) is 43.9 Å². The van der Waals surface area contributed by atoms with E-state index in [9.17, 15) is 0 Å². The van der Waals surface area contributed by atoms with Gasteiger partial charge in [0.05, 0.1) is 0 Å². The van der Waals surface area contributed by atoms with Crippen molar-refractivity contribution in [3.63, 3.8) is 0 Å². The predicted octanol–water partition coefficient (Wildman–Crippen LogP) is 2.57. The van der Waals surface area contributed by atoms with E-state index in [0.29, 0.717) is 0 Å². The summed E-state index contributed by atoms with van der Waals surface area (Å²) in [6, 6.07) is 5.17. The molecule has 1 aromatic heterocycles. The maximum Gasteiger partial charge on any atom is 0.128 e. The molecule has 18 heavy (non-hydrogen) atoms. The molecule has 0 spiro atoms. The zero-order valence-corrected chi connectivity index (χ0v) is 11.2. The second-order valence-corrected chi connectivity index (χ2v) is 5.65. The fourth-order valence-electron chi connectivity index (χ4n) is 3.59. The van der Waals surface area contributed by atoms with Crippen LogP contribution >= 0.6 is 0 Å². The molecule has 1 aliphatic heterocycles. The maximum atomic E-state index is 4.66. The zero-order valence-electron chi connectivity index (χ0n) is 11.2. The van der Waals surface area contributed by atoms with Crippen LogP contribution in [0.4, 0.5) is 5.82 Å². The first kappa shape index (κ1) is 12.0. The van der Waals surface area contributed by atoms with Gasteiger partial charge in [0.25, 0.3) is 0 Å². The third kappa shape index (κ3) is 2.24. The molecule has 2 fully saturated rings. The number of nitrogens with zero attached hydrogens (tertiary/aromatic N) is 2. The number of aromatic nitrogens is 1. The lowest BCUT2D eigenvalue weighted by Gasteiger charge is -2.32. The molecule has 1 aliphatic carbocycles. The molecule has 2 unspecified atom stereocenters. The maximum absolute atomic E-state index is 4.66. The lowest BCUT2D eigenvalue weighted by atomic mass is 9.85. The first-order chi connectivity index (χ1) is 8.88. The van der Waals surface area contributed by atoms with E-state index < -0.39 is 0 Å². The van der Waals surface area contributed by atoms with Gasteiger partial charge >= 0.3 is 0 Å². The van der Waals surface area contributed by atoms with Crippen molar-refractivity contribution < 1.29 is 0 Å². The van der Waals surface area contributed by atoms with Gasteiger partial charge in [0.15, 0.2) is 0 Å². The van der Waals surface area contributed by atoms with Crippen LogP contribution < -0.4 is 10.2 Å². The summed E-state index contributed by atoms with van der Waals surface area (Å²) in [5, 5.41) is 3.16. The molecule has 98 valence electrons. The molecule has 1 aromatic rings. The number of fused-ring (bicyclic) bond motifs is 1. The number of rotatable bonds is 3. The van der Waals surface area contributed by atoms with Crippen LogP contribution in [0.15, 0.2) is 18.3 Å². The summed E-state index contributed by atoms with van der Waals surface area (Å²) in [6.07, 6.45) is 9.01. The Labute approximate surface area is 110 Å². The van der Waals surface area contributed by atoms with E-state index in [4.69, 9.17) is 0 Å². The smallest absolute Gasteiger partial charge is 0.128 e. The largest absolute Gasteiger partial charge is 0.353 e. The summed E-state index contributed by atoms with van der Waals surface area (Å²) < 4.78 is 0. The molecule has 1 N–H and O–H groups in total. The average molecular weight is 245 g/mol. The molecule has 2 aliphatic rings. The van der Waals surface area contributed by atoms with Crippen LogP contribution in [0, 0.1) is 5.92 Å². The highest BCUT2D eigenvalue weighted by molar-refractivity contribution is 5.42. The summed E-state index contributed by atoms with van der Waals surface area (Å²) in [5.74, 6) is 2.11. The highest BCUT2D eigenvalue weighted by atomic mass is 15.2. The van der Waals surface area contributed by atoms with Crippen LogP contribution in [0.5, 0.6) is 0 Å². The van der Waals surface area contributed by atoms with Crippen molar-refractivity contribution >= 4 is 5.82 Å². The third-order valence-corrected chi connectivity index (χ3v) is 4.49. The fraction of sp³-hybridized carbons (Fsp3) is 0.667. The van der Waals surface area contributed by atoms with Crippen molar-refractivity contribution in [2.75, 3.05) is 18.5 Å². The number of nitrogens with one attached hydrogen (secondary N) is 1. The minimum atomic E-state index is 0.765. The molecule has 2 heterocycles. The molecule has 3 nitrogen and oxygen atoms in total. The molecular formula is C15H23N3. The SMILES string of the molecule is CNCc1ccc(N2CCC3CCCCC32)nc1. The summed E-state index contributed by atoms with van der Waals surface area (Å²) in [7, 11) is 1.97. The van der Waals surface area contributed by atoms with Crippen LogP contribution in [-0.2, 0) is 6.54 Å². The Bertz CT molecular complexity index is 387. The second kappa shape index (κ2) is 5.27. The number of hydrogen-bond acceptors (Lipinski definition) is 3. The Morgan fingerprint density at radius 3 is 2.94 bits per heavy atom. The molecule has 0 amide bonds. The van der Waals surface area contributed by atoms with Crippen molar-refractivity contribution in [3.8, 4) is 0 Å². The van der Waals surface area contributed by atoms with E-state index in [1.165, 1.54) is 50.0 Å². The molecule has 0 aromatic carbocycles. The number of pyridine rings is 1. The van der Waals surface area contributed by atoms with Crippen molar-refractivity contribution in [2.24, 2.45) is 5.92 Å². The zero-order chi connectivity index (χ0) is 12.4. The van der Waals surface area contributed by atoms with E-state index >= 15 is 0 Å². The monoisotopic (exact) mass is 245 g/mol.